The van der Waals surface area contributed by atoms with E-state index in [1.54, 1.807) is 24.3 Å². The largest absolute Gasteiger partial charge is 0.381 e. The van der Waals surface area contributed by atoms with Gasteiger partial charge in [-0.05, 0) is 43.2 Å². The fourth-order valence-electron chi connectivity index (χ4n) is 3.44. The Kier molecular flexibility index (Phi) is 7.56. The molecule has 1 saturated carbocycles. The molecule has 0 bridgehead atoms. The van der Waals surface area contributed by atoms with E-state index >= 15 is 0 Å². The van der Waals surface area contributed by atoms with E-state index in [0.29, 0.717) is 5.69 Å². The normalized spacial score (nSPS) is 13.8. The molecular weight excluding hydrogens is 449 g/mol. The molecule has 174 valence electrons. The summed E-state index contributed by atoms with van der Waals surface area (Å²) in [5, 5.41) is 7.68. The lowest BCUT2D eigenvalue weighted by Crippen LogP contribution is -2.27. The summed E-state index contributed by atoms with van der Waals surface area (Å²) in [6.07, 6.45) is 5.18. The van der Waals surface area contributed by atoms with Crippen molar-refractivity contribution in [2.75, 3.05) is 11.1 Å². The Balaban J connectivity index is 0.000000194. The third-order valence-corrected chi connectivity index (χ3v) is 6.02. The number of sulfonamides is 1. The van der Waals surface area contributed by atoms with E-state index in [1.165, 1.54) is 35.0 Å². The van der Waals surface area contributed by atoms with Gasteiger partial charge in [0.25, 0.3) is 5.91 Å². The molecule has 0 saturated heterocycles. The minimum absolute atomic E-state index is 0.0896. The fraction of sp³-hybridized carbons (Fsp3) is 0.227. The van der Waals surface area contributed by atoms with Crippen LogP contribution in [-0.4, -0.2) is 23.9 Å². The molecular formula is C22H24FN5O4S. The van der Waals surface area contributed by atoms with Crippen LogP contribution in [0, 0.1) is 5.82 Å². The van der Waals surface area contributed by atoms with Gasteiger partial charge in [0.15, 0.2) is 11.6 Å². The van der Waals surface area contributed by atoms with E-state index in [1.807, 2.05) is 6.07 Å². The van der Waals surface area contributed by atoms with Crippen LogP contribution in [0.25, 0.3) is 0 Å². The molecule has 11 heteroatoms. The summed E-state index contributed by atoms with van der Waals surface area (Å²) in [7, 11) is -3.81. The summed E-state index contributed by atoms with van der Waals surface area (Å²) in [6, 6.07) is 14.6. The maximum Gasteiger partial charge on any atom is 0.349 e. The van der Waals surface area contributed by atoms with Crippen molar-refractivity contribution in [1.82, 2.24) is 9.55 Å². The van der Waals surface area contributed by atoms with Crippen LogP contribution in [0.5, 0.6) is 0 Å². The molecule has 4 rings (SSSR count). The van der Waals surface area contributed by atoms with Crippen LogP contribution in [0.2, 0.25) is 0 Å². The number of hydrogen-bond donors (Lipinski definition) is 3. The summed E-state index contributed by atoms with van der Waals surface area (Å²) >= 11 is 0. The lowest BCUT2D eigenvalue weighted by molar-refractivity contribution is 0.102. The molecule has 1 heterocycles. The second-order valence-corrected chi connectivity index (χ2v) is 9.06. The minimum atomic E-state index is -3.81. The number of para-hydroxylation sites is 1. The number of hydrogen-bond acceptors (Lipinski definition) is 6. The number of nitrogens with two attached hydrogens (primary N) is 2. The minimum Gasteiger partial charge on any atom is -0.381 e. The van der Waals surface area contributed by atoms with Crippen LogP contribution in [0.3, 0.4) is 0 Å². The van der Waals surface area contributed by atoms with Crippen molar-refractivity contribution < 1.29 is 17.6 Å². The Labute approximate surface area is 190 Å². The zero-order valence-corrected chi connectivity index (χ0v) is 18.5. The van der Waals surface area contributed by atoms with E-state index in [4.69, 9.17) is 10.9 Å². The number of aromatic nitrogens is 2. The topological polar surface area (TPSA) is 150 Å². The number of nitrogens with one attached hydrogen (secondary N) is 1. The lowest BCUT2D eigenvalue weighted by atomic mass is 10.2. The first-order chi connectivity index (χ1) is 15.6. The highest BCUT2D eigenvalue weighted by Crippen LogP contribution is 2.28. The average Bonchev–Trinajstić information content (AvgIpc) is 3.32. The molecule has 0 aliphatic heterocycles. The van der Waals surface area contributed by atoms with Crippen molar-refractivity contribution in [2.45, 2.75) is 36.6 Å². The van der Waals surface area contributed by atoms with Gasteiger partial charge in [0.2, 0.25) is 10.0 Å². The number of primary sulfonamides is 1. The molecule has 1 aliphatic carbocycles. The molecule has 0 unspecified atom stereocenters. The van der Waals surface area contributed by atoms with E-state index in [0.717, 1.165) is 25.7 Å². The molecule has 2 aromatic carbocycles. The van der Waals surface area contributed by atoms with Gasteiger partial charge in [0.05, 0.1) is 4.90 Å². The monoisotopic (exact) mass is 473 g/mol. The summed E-state index contributed by atoms with van der Waals surface area (Å²) in [4.78, 5) is 26.7. The number of nitrogen functional groups attached to an aromatic ring is 1. The van der Waals surface area contributed by atoms with E-state index in [9.17, 15) is 22.4 Å². The first-order valence-electron chi connectivity index (χ1n) is 10.2. The molecule has 0 atom stereocenters. The van der Waals surface area contributed by atoms with Gasteiger partial charge in [-0.3, -0.25) is 9.36 Å². The summed E-state index contributed by atoms with van der Waals surface area (Å²) < 4.78 is 36.8. The quantitative estimate of drug-likeness (QED) is 0.530. The predicted molar refractivity (Wildman–Crippen MR) is 123 cm³/mol. The highest BCUT2D eigenvalue weighted by atomic mass is 32.2. The van der Waals surface area contributed by atoms with Crippen molar-refractivity contribution in [3.05, 3.63) is 82.7 Å². The van der Waals surface area contributed by atoms with Gasteiger partial charge in [-0.2, -0.15) is 4.98 Å². The van der Waals surface area contributed by atoms with Gasteiger partial charge in [-0.15, -0.1) is 0 Å². The SMILES string of the molecule is NS(=O)(=O)c1cccc(C(=O)Nc2ccccc2)c1.Nc1nc(=O)n(C2CCCC2)cc1F. The standard InChI is InChI=1S/C13H12N2O3S.C9H12FN3O/c14-19(17,18)12-8-4-5-10(9-12)13(16)15-11-6-2-1-3-7-11;10-7-5-13(6-3-1-2-4-6)9(14)12-8(7)11/h1-9H,(H,15,16)(H2,14,17,18);5-6H,1-4H2,(H2,11,12,14). The van der Waals surface area contributed by atoms with E-state index < -0.39 is 27.4 Å². The molecule has 0 radical (unpaired) electrons. The molecule has 9 nitrogen and oxygen atoms in total. The Morgan fingerprint density at radius 3 is 2.39 bits per heavy atom. The van der Waals surface area contributed by atoms with Gasteiger partial charge in [0, 0.05) is 23.5 Å². The first kappa shape index (κ1) is 24.1. The zero-order chi connectivity index (χ0) is 24.0. The summed E-state index contributed by atoms with van der Waals surface area (Å²) in [6.45, 7) is 0. The Bertz CT molecular complexity index is 1290. The third-order valence-electron chi connectivity index (χ3n) is 5.11. The van der Waals surface area contributed by atoms with Crippen LogP contribution in [-0.2, 0) is 10.0 Å². The van der Waals surface area contributed by atoms with Crippen molar-refractivity contribution in [1.29, 1.82) is 0 Å². The Hall–Kier alpha value is -3.57. The Morgan fingerprint density at radius 1 is 1.09 bits per heavy atom. The van der Waals surface area contributed by atoms with Crippen molar-refractivity contribution in [2.24, 2.45) is 5.14 Å². The summed E-state index contributed by atoms with van der Waals surface area (Å²) in [5.74, 6) is -1.32. The maximum atomic E-state index is 13.1. The smallest absolute Gasteiger partial charge is 0.349 e. The first-order valence-corrected chi connectivity index (χ1v) is 11.7. The number of carbonyl (C=O) groups is 1. The van der Waals surface area contributed by atoms with E-state index in [-0.39, 0.29) is 22.3 Å². The number of amides is 1. The predicted octanol–water partition coefficient (Wildman–Crippen LogP) is 2.67. The number of halogens is 1. The average molecular weight is 474 g/mol. The fourth-order valence-corrected chi connectivity index (χ4v) is 4.00. The molecule has 3 aromatic rings. The second-order valence-electron chi connectivity index (χ2n) is 7.50. The number of rotatable bonds is 4. The molecule has 5 N–H and O–H groups in total. The van der Waals surface area contributed by atoms with Gasteiger partial charge in [-0.1, -0.05) is 37.1 Å². The zero-order valence-electron chi connectivity index (χ0n) is 17.6. The number of anilines is 2. The highest BCUT2D eigenvalue weighted by molar-refractivity contribution is 7.89. The molecule has 1 aliphatic rings. The molecule has 1 fully saturated rings. The number of carbonyl (C=O) groups excluding carboxylic acids is 1. The maximum absolute atomic E-state index is 13.1. The third kappa shape index (κ3) is 6.46. The van der Waals surface area contributed by atoms with Crippen molar-refractivity contribution >= 4 is 27.4 Å². The molecule has 1 amide bonds. The molecule has 0 spiro atoms. The van der Waals surface area contributed by atoms with Crippen LogP contribution in [0.1, 0.15) is 42.1 Å². The van der Waals surface area contributed by atoms with Gasteiger partial charge in [-0.25, -0.2) is 22.7 Å². The van der Waals surface area contributed by atoms with Gasteiger partial charge < -0.3 is 11.1 Å². The molecule has 33 heavy (non-hydrogen) atoms. The van der Waals surface area contributed by atoms with Crippen molar-refractivity contribution in [3.63, 3.8) is 0 Å². The van der Waals surface area contributed by atoms with Crippen LogP contribution in [0.4, 0.5) is 15.9 Å². The second kappa shape index (κ2) is 10.4. The lowest BCUT2D eigenvalue weighted by Gasteiger charge is -2.12. The highest BCUT2D eigenvalue weighted by Gasteiger charge is 2.19. The number of nitrogens with zero attached hydrogens (tertiary/aromatic N) is 2. The van der Waals surface area contributed by atoms with Crippen LogP contribution >= 0.6 is 0 Å². The van der Waals surface area contributed by atoms with Gasteiger partial charge in [0.1, 0.15) is 0 Å². The van der Waals surface area contributed by atoms with E-state index in [2.05, 4.69) is 10.3 Å². The Morgan fingerprint density at radius 2 is 1.76 bits per heavy atom. The van der Waals surface area contributed by atoms with Crippen molar-refractivity contribution in [3.8, 4) is 0 Å². The number of benzene rings is 2. The molecule has 1 aromatic heterocycles. The van der Waals surface area contributed by atoms with Crippen LogP contribution < -0.4 is 21.9 Å². The van der Waals surface area contributed by atoms with Gasteiger partial charge >= 0.3 is 5.69 Å². The summed E-state index contributed by atoms with van der Waals surface area (Å²) in [5.41, 5.74) is 5.61. The van der Waals surface area contributed by atoms with Crippen LogP contribution in [0.15, 0.2) is 70.5 Å².